The Hall–Kier alpha value is -1.72. The number of aromatic nitrogens is 3. The fourth-order valence-corrected chi connectivity index (χ4v) is 4.22. The number of hydrogen-bond acceptors (Lipinski definition) is 4. The molecule has 5 nitrogen and oxygen atoms in total. The normalized spacial score (nSPS) is 22.0. The number of ether oxygens (including phenoxy) is 1. The van der Waals surface area contributed by atoms with Gasteiger partial charge in [0.25, 0.3) is 0 Å². The summed E-state index contributed by atoms with van der Waals surface area (Å²) in [5.41, 5.74) is 3.63. The maximum atomic E-state index is 6.06. The molecule has 0 amide bonds. The van der Waals surface area contributed by atoms with E-state index >= 15 is 0 Å². The van der Waals surface area contributed by atoms with Gasteiger partial charge in [-0.3, -0.25) is 9.58 Å². The number of fused-ring (bicyclic) bond motifs is 1. The van der Waals surface area contributed by atoms with Crippen molar-refractivity contribution in [1.29, 1.82) is 0 Å². The maximum Gasteiger partial charge on any atom is 0.100 e. The van der Waals surface area contributed by atoms with Crippen LogP contribution in [-0.4, -0.2) is 39.1 Å². The zero-order valence-corrected chi connectivity index (χ0v) is 14.4. The molecule has 1 saturated carbocycles. The molecular formula is C19H26N4O. The first-order valence-corrected chi connectivity index (χ1v) is 9.05. The van der Waals surface area contributed by atoms with E-state index in [0.717, 1.165) is 31.4 Å². The third-order valence-electron chi connectivity index (χ3n) is 5.41. The molecule has 1 aromatic carbocycles. The van der Waals surface area contributed by atoms with Crippen molar-refractivity contribution in [1.82, 2.24) is 19.9 Å². The summed E-state index contributed by atoms with van der Waals surface area (Å²) in [7, 11) is 2.00. The van der Waals surface area contributed by atoms with Crippen molar-refractivity contribution in [2.75, 3.05) is 13.2 Å². The molecule has 128 valence electrons. The quantitative estimate of drug-likeness (QED) is 0.847. The summed E-state index contributed by atoms with van der Waals surface area (Å²) in [6.07, 6.45) is 5.38. The molecule has 1 fully saturated rings. The van der Waals surface area contributed by atoms with Crippen LogP contribution in [0.5, 0.6) is 0 Å². The molecule has 4 rings (SSSR count). The monoisotopic (exact) mass is 326 g/mol. The number of aryl methyl sites for hydroxylation is 1. The van der Waals surface area contributed by atoms with Gasteiger partial charge in [0.05, 0.1) is 18.9 Å². The third-order valence-corrected chi connectivity index (χ3v) is 5.41. The highest BCUT2D eigenvalue weighted by Crippen LogP contribution is 2.32. The number of hydrogen-bond donors (Lipinski definition) is 0. The van der Waals surface area contributed by atoms with E-state index in [4.69, 9.17) is 4.74 Å². The van der Waals surface area contributed by atoms with Crippen LogP contribution in [0.2, 0.25) is 0 Å². The van der Waals surface area contributed by atoms with Crippen molar-refractivity contribution >= 4 is 0 Å². The highest BCUT2D eigenvalue weighted by atomic mass is 16.5. The van der Waals surface area contributed by atoms with Gasteiger partial charge in [0, 0.05) is 32.1 Å². The summed E-state index contributed by atoms with van der Waals surface area (Å²) in [6.45, 7) is 3.41. The SMILES string of the molecule is Cn1nnc2c1C(COCc1ccccc1)CN(C1CCCC1)C2. The first-order valence-electron chi connectivity index (χ1n) is 9.05. The van der Waals surface area contributed by atoms with Crippen molar-refractivity contribution in [2.45, 2.75) is 50.8 Å². The van der Waals surface area contributed by atoms with E-state index < -0.39 is 0 Å². The average molecular weight is 326 g/mol. The van der Waals surface area contributed by atoms with E-state index in [-0.39, 0.29) is 0 Å². The summed E-state index contributed by atoms with van der Waals surface area (Å²) in [6, 6.07) is 11.1. The van der Waals surface area contributed by atoms with Crippen molar-refractivity contribution < 1.29 is 4.74 Å². The van der Waals surface area contributed by atoms with Crippen molar-refractivity contribution in [3.63, 3.8) is 0 Å². The minimum Gasteiger partial charge on any atom is -0.376 e. The number of rotatable bonds is 5. The summed E-state index contributed by atoms with van der Waals surface area (Å²) in [4.78, 5) is 2.61. The van der Waals surface area contributed by atoms with Crippen LogP contribution in [-0.2, 0) is 24.9 Å². The molecule has 2 aliphatic rings. The predicted octanol–water partition coefficient (Wildman–Crippen LogP) is 2.87. The van der Waals surface area contributed by atoms with Gasteiger partial charge in [0.1, 0.15) is 5.69 Å². The van der Waals surface area contributed by atoms with Gasteiger partial charge >= 0.3 is 0 Å². The molecule has 0 radical (unpaired) electrons. The van der Waals surface area contributed by atoms with Crippen molar-refractivity contribution in [3.05, 3.63) is 47.3 Å². The summed E-state index contributed by atoms with van der Waals surface area (Å²) in [5.74, 6) is 0.359. The molecule has 0 N–H and O–H groups in total. The van der Waals surface area contributed by atoms with Crippen molar-refractivity contribution in [2.24, 2.45) is 7.05 Å². The van der Waals surface area contributed by atoms with Crippen LogP contribution in [0, 0.1) is 0 Å². The maximum absolute atomic E-state index is 6.06. The predicted molar refractivity (Wildman–Crippen MR) is 92.5 cm³/mol. The lowest BCUT2D eigenvalue weighted by Crippen LogP contribution is -2.41. The molecule has 2 aromatic rings. The van der Waals surface area contributed by atoms with Crippen LogP contribution in [0.3, 0.4) is 0 Å². The van der Waals surface area contributed by atoms with Gasteiger partial charge < -0.3 is 4.74 Å². The van der Waals surface area contributed by atoms with Gasteiger partial charge in [-0.1, -0.05) is 48.4 Å². The van der Waals surface area contributed by atoms with E-state index in [1.165, 1.54) is 36.9 Å². The first kappa shape index (κ1) is 15.8. The fourth-order valence-electron chi connectivity index (χ4n) is 4.22. The molecule has 1 unspecified atom stereocenters. The zero-order chi connectivity index (χ0) is 16.4. The van der Waals surface area contributed by atoms with E-state index in [9.17, 15) is 0 Å². The topological polar surface area (TPSA) is 43.2 Å². The Morgan fingerprint density at radius 1 is 1.17 bits per heavy atom. The Kier molecular flexibility index (Phi) is 4.63. The lowest BCUT2D eigenvalue weighted by Gasteiger charge is -2.36. The van der Waals surface area contributed by atoms with Crippen LogP contribution in [0.15, 0.2) is 30.3 Å². The summed E-state index contributed by atoms with van der Waals surface area (Å²) in [5, 5.41) is 8.67. The second kappa shape index (κ2) is 7.03. The van der Waals surface area contributed by atoms with Crippen molar-refractivity contribution in [3.8, 4) is 0 Å². The molecule has 0 bridgehead atoms. The summed E-state index contributed by atoms with van der Waals surface area (Å²) >= 11 is 0. The van der Waals surface area contributed by atoms with Crippen LogP contribution >= 0.6 is 0 Å². The Labute approximate surface area is 143 Å². The molecule has 1 atom stereocenters. The van der Waals surface area contributed by atoms with E-state index in [2.05, 4.69) is 39.5 Å². The fraction of sp³-hybridized carbons (Fsp3) is 0.579. The molecular weight excluding hydrogens is 300 g/mol. The Morgan fingerprint density at radius 2 is 1.96 bits per heavy atom. The zero-order valence-electron chi connectivity index (χ0n) is 14.4. The molecule has 0 spiro atoms. The second-order valence-corrected chi connectivity index (χ2v) is 7.11. The van der Waals surface area contributed by atoms with Gasteiger partial charge in [-0.05, 0) is 18.4 Å². The van der Waals surface area contributed by atoms with Gasteiger partial charge in [-0.25, -0.2) is 0 Å². The smallest absolute Gasteiger partial charge is 0.100 e. The van der Waals surface area contributed by atoms with Gasteiger partial charge in [0.15, 0.2) is 0 Å². The third kappa shape index (κ3) is 3.23. The van der Waals surface area contributed by atoms with Gasteiger partial charge in [-0.2, -0.15) is 0 Å². The Balaban J connectivity index is 1.44. The molecule has 2 heterocycles. The molecule has 5 heteroatoms. The molecule has 1 aromatic heterocycles. The van der Waals surface area contributed by atoms with Crippen LogP contribution < -0.4 is 0 Å². The Bertz CT molecular complexity index is 663. The van der Waals surface area contributed by atoms with Crippen LogP contribution in [0.1, 0.15) is 48.6 Å². The highest BCUT2D eigenvalue weighted by Gasteiger charge is 2.34. The average Bonchev–Trinajstić information content (AvgIpc) is 3.26. The standard InChI is InChI=1S/C19H26N4O/c1-22-19-16(14-24-13-15-7-3-2-4-8-15)11-23(12-18(19)20-21-22)17-9-5-6-10-17/h2-4,7-8,16-17H,5-6,9-14H2,1H3. The Morgan fingerprint density at radius 3 is 2.75 bits per heavy atom. The second-order valence-electron chi connectivity index (χ2n) is 7.11. The number of benzene rings is 1. The minimum absolute atomic E-state index is 0.359. The molecule has 24 heavy (non-hydrogen) atoms. The minimum atomic E-state index is 0.359. The van der Waals surface area contributed by atoms with E-state index in [0.29, 0.717) is 12.5 Å². The van der Waals surface area contributed by atoms with Crippen LogP contribution in [0.25, 0.3) is 0 Å². The van der Waals surface area contributed by atoms with E-state index in [1.54, 1.807) is 0 Å². The van der Waals surface area contributed by atoms with Gasteiger partial charge in [-0.15, -0.1) is 5.10 Å². The largest absolute Gasteiger partial charge is 0.376 e. The first-order chi connectivity index (χ1) is 11.8. The molecule has 1 aliphatic heterocycles. The molecule has 0 saturated heterocycles. The highest BCUT2D eigenvalue weighted by molar-refractivity contribution is 5.20. The lowest BCUT2D eigenvalue weighted by molar-refractivity contribution is 0.0734. The van der Waals surface area contributed by atoms with Gasteiger partial charge in [0.2, 0.25) is 0 Å². The number of nitrogens with zero attached hydrogens (tertiary/aromatic N) is 4. The lowest BCUT2D eigenvalue weighted by atomic mass is 9.97. The van der Waals surface area contributed by atoms with Crippen LogP contribution in [0.4, 0.5) is 0 Å². The molecule has 1 aliphatic carbocycles. The summed E-state index contributed by atoms with van der Waals surface area (Å²) < 4.78 is 8.00. The van der Waals surface area contributed by atoms with E-state index in [1.807, 2.05) is 17.8 Å².